The number of carbonyl (C=O) groups excluding carboxylic acids is 1. The van der Waals surface area contributed by atoms with Gasteiger partial charge in [-0.05, 0) is 13.0 Å². The summed E-state index contributed by atoms with van der Waals surface area (Å²) in [4.78, 5) is 27.0. The summed E-state index contributed by atoms with van der Waals surface area (Å²) in [5.74, 6) is 0.0325. The monoisotopic (exact) mass is 290 g/mol. The fraction of sp³-hybridized carbons (Fsp3) is 0.385. The Kier molecular flexibility index (Phi) is 3.60. The maximum absolute atomic E-state index is 12.3. The van der Waals surface area contributed by atoms with E-state index in [1.54, 1.807) is 28.9 Å². The zero-order chi connectivity index (χ0) is 13.9. The maximum Gasteiger partial charge on any atom is 0.316 e. The molecule has 3 rings (SSSR count). The van der Waals surface area contributed by atoms with Crippen LogP contribution in [-0.4, -0.2) is 45.0 Å². The van der Waals surface area contributed by atoms with E-state index in [2.05, 4.69) is 15.0 Å². The minimum Gasteiger partial charge on any atom is -0.458 e. The van der Waals surface area contributed by atoms with Crippen LogP contribution in [0.15, 0.2) is 24.0 Å². The summed E-state index contributed by atoms with van der Waals surface area (Å²) in [5.41, 5.74) is 2.49. The molecular weight excluding hydrogens is 276 g/mol. The van der Waals surface area contributed by atoms with E-state index in [1.165, 1.54) is 11.3 Å². The summed E-state index contributed by atoms with van der Waals surface area (Å²) >= 11 is 1.38. The van der Waals surface area contributed by atoms with Crippen molar-refractivity contribution in [3.05, 3.63) is 34.5 Å². The molecule has 0 aliphatic carbocycles. The van der Waals surface area contributed by atoms with Crippen LogP contribution in [0.25, 0.3) is 0 Å². The molecule has 0 N–H and O–H groups in total. The van der Waals surface area contributed by atoms with E-state index in [-0.39, 0.29) is 12.0 Å². The van der Waals surface area contributed by atoms with Gasteiger partial charge >= 0.3 is 6.01 Å². The SMILES string of the molecule is Cc1ncsc1C(=O)N1CC[C@H](Oc2ncccn2)C1. The molecule has 1 atom stereocenters. The van der Waals surface area contributed by atoms with E-state index >= 15 is 0 Å². The highest BCUT2D eigenvalue weighted by Crippen LogP contribution is 2.20. The topological polar surface area (TPSA) is 68.2 Å². The van der Waals surface area contributed by atoms with E-state index in [0.717, 1.165) is 12.1 Å². The minimum absolute atomic E-state index is 0.0325. The number of thiazole rings is 1. The van der Waals surface area contributed by atoms with E-state index < -0.39 is 0 Å². The lowest BCUT2D eigenvalue weighted by molar-refractivity contribution is 0.0773. The number of rotatable bonds is 3. The number of aromatic nitrogens is 3. The average molecular weight is 290 g/mol. The van der Waals surface area contributed by atoms with E-state index in [0.29, 0.717) is 24.0 Å². The molecule has 7 heteroatoms. The molecule has 0 radical (unpaired) electrons. The number of nitrogens with zero attached hydrogens (tertiary/aromatic N) is 4. The third kappa shape index (κ3) is 2.62. The third-order valence-electron chi connectivity index (χ3n) is 3.19. The van der Waals surface area contributed by atoms with Gasteiger partial charge in [0.25, 0.3) is 5.91 Å². The second kappa shape index (κ2) is 5.54. The van der Waals surface area contributed by atoms with Gasteiger partial charge in [0.1, 0.15) is 11.0 Å². The van der Waals surface area contributed by atoms with Gasteiger partial charge < -0.3 is 9.64 Å². The van der Waals surface area contributed by atoms with Crippen LogP contribution in [0.3, 0.4) is 0 Å². The molecule has 1 fully saturated rings. The highest BCUT2D eigenvalue weighted by Gasteiger charge is 2.30. The standard InChI is InChI=1S/C13H14N4O2S/c1-9-11(20-8-16-9)12(18)17-6-3-10(7-17)19-13-14-4-2-5-15-13/h2,4-5,8,10H,3,6-7H2,1H3/t10-/m0/s1. The van der Waals surface area contributed by atoms with Gasteiger partial charge in [-0.3, -0.25) is 4.79 Å². The summed E-state index contributed by atoms with van der Waals surface area (Å²) in [6, 6.07) is 2.10. The first-order valence-corrected chi connectivity index (χ1v) is 7.25. The lowest BCUT2D eigenvalue weighted by Gasteiger charge is -2.16. The molecule has 2 aromatic heterocycles. The molecule has 1 saturated heterocycles. The van der Waals surface area contributed by atoms with Crippen molar-refractivity contribution >= 4 is 17.2 Å². The molecule has 20 heavy (non-hydrogen) atoms. The van der Waals surface area contributed by atoms with Gasteiger partial charge in [-0.2, -0.15) is 0 Å². The average Bonchev–Trinajstić information content (AvgIpc) is 3.08. The predicted octanol–water partition coefficient (Wildman–Crippen LogP) is 1.54. The lowest BCUT2D eigenvalue weighted by atomic mass is 10.3. The second-order valence-corrected chi connectivity index (χ2v) is 5.43. The lowest BCUT2D eigenvalue weighted by Crippen LogP contribution is -2.31. The summed E-state index contributed by atoms with van der Waals surface area (Å²) in [6.07, 6.45) is 4.03. The minimum atomic E-state index is -0.0467. The van der Waals surface area contributed by atoms with Crippen molar-refractivity contribution in [1.82, 2.24) is 19.9 Å². The summed E-state index contributed by atoms with van der Waals surface area (Å²) in [7, 11) is 0. The van der Waals surface area contributed by atoms with Gasteiger partial charge in [-0.15, -0.1) is 11.3 Å². The normalized spacial score (nSPS) is 18.2. The first-order chi connectivity index (χ1) is 9.74. The Morgan fingerprint density at radius 1 is 1.40 bits per heavy atom. The zero-order valence-corrected chi connectivity index (χ0v) is 11.8. The molecule has 0 spiro atoms. The first kappa shape index (κ1) is 13.0. The molecule has 104 valence electrons. The van der Waals surface area contributed by atoms with Crippen LogP contribution in [0, 0.1) is 6.92 Å². The van der Waals surface area contributed by atoms with Crippen molar-refractivity contribution in [2.24, 2.45) is 0 Å². The summed E-state index contributed by atoms with van der Waals surface area (Å²) < 4.78 is 5.67. The van der Waals surface area contributed by atoms with Gasteiger partial charge in [0.15, 0.2) is 0 Å². The van der Waals surface area contributed by atoms with Crippen LogP contribution in [0.2, 0.25) is 0 Å². The Morgan fingerprint density at radius 2 is 2.20 bits per heavy atom. The summed E-state index contributed by atoms with van der Waals surface area (Å²) in [6.45, 7) is 3.10. The van der Waals surface area contributed by atoms with Gasteiger partial charge in [-0.25, -0.2) is 15.0 Å². The number of hydrogen-bond donors (Lipinski definition) is 0. The van der Waals surface area contributed by atoms with Crippen LogP contribution >= 0.6 is 11.3 Å². The quantitative estimate of drug-likeness (QED) is 0.857. The fourth-order valence-electron chi connectivity index (χ4n) is 2.15. The largest absolute Gasteiger partial charge is 0.458 e. The number of likely N-dealkylation sites (tertiary alicyclic amines) is 1. The summed E-state index contributed by atoms with van der Waals surface area (Å²) in [5, 5.41) is 0. The number of aryl methyl sites for hydroxylation is 1. The van der Waals surface area contributed by atoms with E-state index in [9.17, 15) is 4.79 Å². The molecule has 0 unspecified atom stereocenters. The molecule has 0 bridgehead atoms. The Labute approximate surface area is 120 Å². The van der Waals surface area contributed by atoms with Crippen molar-refractivity contribution < 1.29 is 9.53 Å². The Hall–Kier alpha value is -2.02. The highest BCUT2D eigenvalue weighted by molar-refractivity contribution is 7.11. The van der Waals surface area contributed by atoms with E-state index in [4.69, 9.17) is 4.74 Å². The van der Waals surface area contributed by atoms with Crippen LogP contribution in [0.4, 0.5) is 0 Å². The van der Waals surface area contributed by atoms with Crippen LogP contribution in [-0.2, 0) is 0 Å². The van der Waals surface area contributed by atoms with Crippen LogP contribution < -0.4 is 4.74 Å². The maximum atomic E-state index is 12.3. The molecular formula is C13H14N4O2S. The molecule has 1 aliphatic heterocycles. The number of hydrogen-bond acceptors (Lipinski definition) is 6. The van der Waals surface area contributed by atoms with Gasteiger partial charge in [0, 0.05) is 25.4 Å². The number of ether oxygens (including phenoxy) is 1. The molecule has 0 aromatic carbocycles. The predicted molar refractivity (Wildman–Crippen MR) is 73.8 cm³/mol. The fourth-order valence-corrected chi connectivity index (χ4v) is 2.92. The molecule has 3 heterocycles. The Morgan fingerprint density at radius 3 is 2.90 bits per heavy atom. The second-order valence-electron chi connectivity index (χ2n) is 4.58. The highest BCUT2D eigenvalue weighted by atomic mass is 32.1. The number of carbonyl (C=O) groups is 1. The van der Waals surface area contributed by atoms with Crippen molar-refractivity contribution in [1.29, 1.82) is 0 Å². The van der Waals surface area contributed by atoms with E-state index in [1.807, 2.05) is 6.92 Å². The van der Waals surface area contributed by atoms with Crippen molar-refractivity contribution in [2.75, 3.05) is 13.1 Å². The third-order valence-corrected chi connectivity index (χ3v) is 4.10. The molecule has 1 aliphatic rings. The van der Waals surface area contributed by atoms with Crippen LogP contribution in [0.1, 0.15) is 21.8 Å². The van der Waals surface area contributed by atoms with Gasteiger partial charge in [-0.1, -0.05) is 0 Å². The molecule has 1 amide bonds. The van der Waals surface area contributed by atoms with Crippen molar-refractivity contribution in [3.63, 3.8) is 0 Å². The molecule has 6 nitrogen and oxygen atoms in total. The molecule has 0 saturated carbocycles. The number of amides is 1. The van der Waals surface area contributed by atoms with Crippen molar-refractivity contribution in [3.8, 4) is 6.01 Å². The Bertz CT molecular complexity index is 601. The molecule has 2 aromatic rings. The Balaban J connectivity index is 1.62. The first-order valence-electron chi connectivity index (χ1n) is 6.37. The zero-order valence-electron chi connectivity index (χ0n) is 11.0. The smallest absolute Gasteiger partial charge is 0.316 e. The van der Waals surface area contributed by atoms with Gasteiger partial charge in [0.2, 0.25) is 0 Å². The van der Waals surface area contributed by atoms with Crippen LogP contribution in [0.5, 0.6) is 6.01 Å². The van der Waals surface area contributed by atoms with Gasteiger partial charge in [0.05, 0.1) is 17.7 Å². The van der Waals surface area contributed by atoms with Crippen molar-refractivity contribution in [2.45, 2.75) is 19.4 Å².